The molecule has 0 unspecified atom stereocenters. The third kappa shape index (κ3) is 5.60. The highest BCUT2D eigenvalue weighted by Crippen LogP contribution is 2.28. The van der Waals surface area contributed by atoms with Crippen LogP contribution in [0.5, 0.6) is 0 Å². The Kier molecular flexibility index (Phi) is 7.87. The normalized spacial score (nSPS) is 13.5. The predicted octanol–water partition coefficient (Wildman–Crippen LogP) is 3.69. The Balaban J connectivity index is 1.82. The van der Waals surface area contributed by atoms with Crippen LogP contribution in [0.4, 0.5) is 11.4 Å². The molecule has 30 heavy (non-hydrogen) atoms. The Hall–Kier alpha value is -1.95. The minimum Gasteiger partial charge on any atom is -0.465 e. The number of benzene rings is 2. The van der Waals surface area contributed by atoms with Crippen LogP contribution in [0.2, 0.25) is 5.02 Å². The first-order valence-corrected chi connectivity index (χ1v) is 10.9. The summed E-state index contributed by atoms with van der Waals surface area (Å²) in [5.41, 5.74) is 2.12. The lowest BCUT2D eigenvalue weighted by Crippen LogP contribution is -2.38. The first-order valence-electron chi connectivity index (χ1n) is 9.01. The summed E-state index contributed by atoms with van der Waals surface area (Å²) in [5.74, 6) is -0.889. The van der Waals surface area contributed by atoms with Gasteiger partial charge >= 0.3 is 5.97 Å². The van der Waals surface area contributed by atoms with Gasteiger partial charge in [0, 0.05) is 16.7 Å². The number of carbonyl (C=O) groups is 2. The van der Waals surface area contributed by atoms with Crippen molar-refractivity contribution in [3.63, 3.8) is 0 Å². The number of halogens is 2. The van der Waals surface area contributed by atoms with Crippen LogP contribution in [0.3, 0.4) is 0 Å². The second-order valence-electron chi connectivity index (χ2n) is 6.36. The van der Waals surface area contributed by atoms with E-state index in [9.17, 15) is 9.59 Å². The molecule has 10 heteroatoms. The van der Waals surface area contributed by atoms with Crippen LogP contribution >= 0.6 is 46.4 Å². The summed E-state index contributed by atoms with van der Waals surface area (Å²) >= 11 is 13.6. The third-order valence-electron chi connectivity index (χ3n) is 4.42. The molecular weight excluding hydrogens is 541 g/mol. The van der Waals surface area contributed by atoms with E-state index >= 15 is 0 Å². The molecule has 1 saturated heterocycles. The average molecular weight is 560 g/mol. The highest BCUT2D eigenvalue weighted by Gasteiger charge is 2.19. The smallest absolute Gasteiger partial charge is 0.337 e. The van der Waals surface area contributed by atoms with Crippen molar-refractivity contribution in [1.29, 1.82) is 0 Å². The molecule has 1 amide bonds. The summed E-state index contributed by atoms with van der Waals surface area (Å²) in [4.78, 5) is 26.7. The summed E-state index contributed by atoms with van der Waals surface area (Å²) in [5, 5.41) is 6.09. The fraction of sp³-hybridized carbons (Fsp3) is 0.250. The van der Waals surface area contributed by atoms with Gasteiger partial charge in [-0.1, -0.05) is 11.6 Å². The van der Waals surface area contributed by atoms with Crippen molar-refractivity contribution in [1.82, 2.24) is 5.32 Å². The van der Waals surface area contributed by atoms with E-state index in [0.717, 1.165) is 9.26 Å². The molecule has 0 spiro atoms. The maximum absolute atomic E-state index is 12.6. The van der Waals surface area contributed by atoms with E-state index in [4.69, 9.17) is 33.3 Å². The van der Waals surface area contributed by atoms with E-state index in [1.807, 2.05) is 12.1 Å². The molecule has 0 aliphatic carbocycles. The summed E-state index contributed by atoms with van der Waals surface area (Å²) in [7, 11) is 1.32. The topological polar surface area (TPSA) is 79.9 Å². The Bertz CT molecular complexity index is 983. The highest BCUT2D eigenvalue weighted by atomic mass is 127. The highest BCUT2D eigenvalue weighted by molar-refractivity contribution is 14.1. The summed E-state index contributed by atoms with van der Waals surface area (Å²) < 4.78 is 11.1. The molecule has 7 nitrogen and oxygen atoms in total. The molecule has 1 heterocycles. The first kappa shape index (κ1) is 22.7. The fourth-order valence-corrected chi connectivity index (χ4v) is 3.85. The van der Waals surface area contributed by atoms with Crippen LogP contribution in [0.15, 0.2) is 36.4 Å². The fourth-order valence-electron chi connectivity index (χ4n) is 2.96. The van der Waals surface area contributed by atoms with Gasteiger partial charge in [0.25, 0.3) is 5.91 Å². The van der Waals surface area contributed by atoms with Gasteiger partial charge in [-0.3, -0.25) is 10.1 Å². The molecule has 158 valence electrons. The van der Waals surface area contributed by atoms with Crippen LogP contribution in [0.25, 0.3) is 0 Å². The van der Waals surface area contributed by atoms with Crippen molar-refractivity contribution in [2.75, 3.05) is 43.6 Å². The number of ether oxygens (including phenoxy) is 2. The monoisotopic (exact) mass is 559 g/mol. The van der Waals surface area contributed by atoms with Crippen LogP contribution < -0.4 is 15.5 Å². The number of thiocarbonyl (C=S) groups is 1. The summed E-state index contributed by atoms with van der Waals surface area (Å²) in [6, 6.07) is 10.3. The first-order chi connectivity index (χ1) is 14.4. The number of amides is 1. The number of hydrogen-bond acceptors (Lipinski definition) is 6. The van der Waals surface area contributed by atoms with Crippen LogP contribution in [0, 0.1) is 3.57 Å². The van der Waals surface area contributed by atoms with E-state index < -0.39 is 11.9 Å². The average Bonchev–Trinajstić information content (AvgIpc) is 2.75. The number of esters is 1. The molecule has 1 aliphatic rings. The van der Waals surface area contributed by atoms with Crippen molar-refractivity contribution >= 4 is 74.8 Å². The van der Waals surface area contributed by atoms with E-state index in [2.05, 4.69) is 38.1 Å². The number of nitrogens with one attached hydrogen (secondary N) is 2. The number of carbonyl (C=O) groups excluding carboxylic acids is 2. The maximum Gasteiger partial charge on any atom is 0.337 e. The molecule has 3 rings (SSSR count). The quantitative estimate of drug-likeness (QED) is 0.336. The van der Waals surface area contributed by atoms with Gasteiger partial charge in [0.2, 0.25) is 0 Å². The molecule has 0 saturated carbocycles. The molecule has 0 bridgehead atoms. The lowest BCUT2D eigenvalue weighted by atomic mass is 10.1. The van der Waals surface area contributed by atoms with Crippen molar-refractivity contribution in [2.45, 2.75) is 0 Å². The largest absolute Gasteiger partial charge is 0.465 e. The molecule has 0 aromatic heterocycles. The minimum absolute atomic E-state index is 0.0893. The minimum atomic E-state index is -0.466. The van der Waals surface area contributed by atoms with Gasteiger partial charge in [0.15, 0.2) is 5.11 Å². The van der Waals surface area contributed by atoms with Gasteiger partial charge in [-0.25, -0.2) is 4.79 Å². The predicted molar refractivity (Wildman–Crippen MR) is 129 cm³/mol. The number of rotatable bonds is 4. The van der Waals surface area contributed by atoms with Crippen molar-refractivity contribution in [3.8, 4) is 0 Å². The zero-order valence-corrected chi connectivity index (χ0v) is 19.8. The standard InChI is InChI=1S/C20H19ClIN3O4S/c1-28-19(27)12-2-5-17(25-6-8-29-9-7-25)16(10-12)23-20(30)24-18(26)14-11-13(22)3-4-15(14)21/h2-5,10-11H,6-9H2,1H3,(H2,23,24,26,30). The Morgan fingerprint density at radius 3 is 2.63 bits per heavy atom. The summed E-state index contributed by atoms with van der Waals surface area (Å²) in [6.07, 6.45) is 0. The van der Waals surface area contributed by atoms with Crippen LogP contribution in [-0.2, 0) is 9.47 Å². The lowest BCUT2D eigenvalue weighted by Gasteiger charge is -2.31. The van der Waals surface area contributed by atoms with E-state index in [0.29, 0.717) is 48.1 Å². The Labute approximate surface area is 198 Å². The van der Waals surface area contributed by atoms with Crippen molar-refractivity contribution in [2.24, 2.45) is 0 Å². The number of hydrogen-bond donors (Lipinski definition) is 2. The van der Waals surface area contributed by atoms with Gasteiger partial charge in [0.05, 0.1) is 47.8 Å². The molecule has 1 fully saturated rings. The van der Waals surface area contributed by atoms with E-state index in [-0.39, 0.29) is 5.11 Å². The number of anilines is 2. The lowest BCUT2D eigenvalue weighted by molar-refractivity contribution is 0.0600. The summed E-state index contributed by atoms with van der Waals surface area (Å²) in [6.45, 7) is 2.60. The van der Waals surface area contributed by atoms with Crippen molar-refractivity contribution in [3.05, 3.63) is 56.1 Å². The number of methoxy groups -OCH3 is 1. The second-order valence-corrected chi connectivity index (χ2v) is 8.42. The zero-order valence-electron chi connectivity index (χ0n) is 16.0. The van der Waals surface area contributed by atoms with Gasteiger partial charge in [-0.15, -0.1) is 0 Å². The molecule has 0 radical (unpaired) electrons. The number of morpholine rings is 1. The van der Waals surface area contributed by atoms with Gasteiger partial charge in [-0.05, 0) is 71.2 Å². The SMILES string of the molecule is COC(=O)c1ccc(N2CCOCC2)c(NC(=S)NC(=O)c2cc(I)ccc2Cl)c1. The zero-order chi connectivity index (χ0) is 21.7. The molecule has 2 aromatic carbocycles. The molecule has 0 atom stereocenters. The van der Waals surface area contributed by atoms with Gasteiger partial charge in [0.1, 0.15) is 0 Å². The van der Waals surface area contributed by atoms with Crippen LogP contribution in [-0.4, -0.2) is 50.4 Å². The molecule has 1 aliphatic heterocycles. The van der Waals surface area contributed by atoms with E-state index in [1.54, 1.807) is 24.3 Å². The van der Waals surface area contributed by atoms with Gasteiger partial charge in [-0.2, -0.15) is 0 Å². The number of nitrogens with zero attached hydrogens (tertiary/aromatic N) is 1. The molecule has 2 N–H and O–H groups in total. The molecule has 2 aromatic rings. The Morgan fingerprint density at radius 2 is 1.93 bits per heavy atom. The molecular formula is C20H19ClIN3O4S. The van der Waals surface area contributed by atoms with Crippen LogP contribution in [0.1, 0.15) is 20.7 Å². The van der Waals surface area contributed by atoms with Crippen molar-refractivity contribution < 1.29 is 19.1 Å². The Morgan fingerprint density at radius 1 is 1.20 bits per heavy atom. The third-order valence-corrected chi connectivity index (χ3v) is 5.62. The second kappa shape index (κ2) is 10.4. The maximum atomic E-state index is 12.6. The van der Waals surface area contributed by atoms with Gasteiger partial charge < -0.3 is 19.7 Å². The van der Waals surface area contributed by atoms with E-state index in [1.165, 1.54) is 7.11 Å².